The first-order chi connectivity index (χ1) is 26.3. The number of hydrogen-bond acceptors (Lipinski definition) is 7. The number of unbranched alkanes of at least 4 members (excludes halogenated alkanes) is 28. The van der Waals surface area contributed by atoms with Gasteiger partial charge in [-0.2, -0.15) is 0 Å². The van der Waals surface area contributed by atoms with Crippen LogP contribution in [0.15, 0.2) is 12.3 Å². The van der Waals surface area contributed by atoms with Crippen molar-refractivity contribution in [3.63, 3.8) is 0 Å². The van der Waals surface area contributed by atoms with Gasteiger partial charge in [0.2, 0.25) is 5.91 Å². The van der Waals surface area contributed by atoms with Gasteiger partial charge in [0.25, 0.3) is 0 Å². The molecule has 2 unspecified atom stereocenters. The highest BCUT2D eigenvalue weighted by atomic mass is 16.6. The number of esters is 2. The summed E-state index contributed by atoms with van der Waals surface area (Å²) in [6, 6.07) is -0.846. The van der Waals surface area contributed by atoms with Crippen molar-refractivity contribution in [2.75, 3.05) is 20.3 Å². The first kappa shape index (κ1) is 51.9. The van der Waals surface area contributed by atoms with Crippen LogP contribution in [0.25, 0.3) is 0 Å². The normalized spacial score (nSPS) is 12.3. The van der Waals surface area contributed by atoms with Crippen molar-refractivity contribution >= 4 is 17.8 Å². The molecule has 0 aromatic carbocycles. The van der Waals surface area contributed by atoms with Gasteiger partial charge in [-0.1, -0.05) is 200 Å². The summed E-state index contributed by atoms with van der Waals surface area (Å²) >= 11 is 0. The molecule has 0 aliphatic carbocycles. The predicted molar refractivity (Wildman–Crippen MR) is 226 cm³/mol. The van der Waals surface area contributed by atoms with Gasteiger partial charge >= 0.3 is 11.9 Å². The molecule has 0 bridgehead atoms. The number of methoxy groups -OCH3 is 1. The number of nitrogens with two attached hydrogens (primary N) is 1. The van der Waals surface area contributed by atoms with E-state index in [-0.39, 0.29) is 37.9 Å². The van der Waals surface area contributed by atoms with Crippen molar-refractivity contribution in [1.29, 1.82) is 0 Å². The molecule has 0 fully saturated rings. The molecule has 8 heteroatoms. The SMILES string of the molecule is C=C(CCCCCCCCCCCCCCCCC)OC(CNC(=O)C(N)CCC(=O)OC)COC(=O)CCCCCCCCCCCCCCCCC. The van der Waals surface area contributed by atoms with Gasteiger partial charge in [-0.05, 0) is 19.3 Å². The van der Waals surface area contributed by atoms with Crippen molar-refractivity contribution in [2.24, 2.45) is 5.73 Å². The second-order valence-corrected chi connectivity index (χ2v) is 15.8. The molecule has 54 heavy (non-hydrogen) atoms. The Labute approximate surface area is 333 Å². The minimum Gasteiger partial charge on any atom is -0.490 e. The van der Waals surface area contributed by atoms with Gasteiger partial charge in [-0.3, -0.25) is 14.4 Å². The minimum absolute atomic E-state index is 0.0349. The highest BCUT2D eigenvalue weighted by molar-refractivity contribution is 5.82. The number of carbonyl (C=O) groups excluding carboxylic acids is 3. The Hall–Kier alpha value is -2.09. The first-order valence-corrected chi connectivity index (χ1v) is 22.9. The van der Waals surface area contributed by atoms with E-state index in [0.29, 0.717) is 12.2 Å². The van der Waals surface area contributed by atoms with E-state index in [1.807, 2.05) is 0 Å². The molecule has 3 N–H and O–H groups in total. The molecule has 1 amide bonds. The van der Waals surface area contributed by atoms with Crippen LogP contribution in [0.1, 0.15) is 232 Å². The van der Waals surface area contributed by atoms with E-state index in [2.05, 4.69) is 30.5 Å². The summed E-state index contributed by atoms with van der Waals surface area (Å²) in [6.45, 7) is 8.83. The fourth-order valence-electron chi connectivity index (χ4n) is 6.87. The van der Waals surface area contributed by atoms with Gasteiger partial charge in [-0.15, -0.1) is 0 Å². The van der Waals surface area contributed by atoms with Gasteiger partial charge in [0.15, 0.2) is 0 Å². The number of amides is 1. The number of carbonyl (C=O) groups is 3. The Bertz CT molecular complexity index is 881. The molecule has 0 heterocycles. The van der Waals surface area contributed by atoms with Crippen LogP contribution in [-0.4, -0.2) is 50.3 Å². The van der Waals surface area contributed by atoms with Gasteiger partial charge in [-0.25, -0.2) is 0 Å². The van der Waals surface area contributed by atoms with Gasteiger partial charge in [0.05, 0.1) is 25.5 Å². The van der Waals surface area contributed by atoms with Crippen molar-refractivity contribution < 1.29 is 28.6 Å². The van der Waals surface area contributed by atoms with Crippen LogP contribution in [0, 0.1) is 0 Å². The van der Waals surface area contributed by atoms with Gasteiger partial charge < -0.3 is 25.3 Å². The quantitative estimate of drug-likeness (QED) is 0.0361. The summed E-state index contributed by atoms with van der Waals surface area (Å²) in [4.78, 5) is 36.6. The van der Waals surface area contributed by atoms with Gasteiger partial charge in [0, 0.05) is 19.3 Å². The third-order valence-corrected chi connectivity index (χ3v) is 10.5. The van der Waals surface area contributed by atoms with E-state index in [4.69, 9.17) is 15.2 Å². The summed E-state index contributed by atoms with van der Waals surface area (Å²) in [7, 11) is 1.31. The fraction of sp³-hybridized carbons (Fsp3) is 0.891. The van der Waals surface area contributed by atoms with Crippen LogP contribution in [0.5, 0.6) is 0 Å². The van der Waals surface area contributed by atoms with Crippen molar-refractivity contribution in [1.82, 2.24) is 5.32 Å². The lowest BCUT2D eigenvalue weighted by molar-refractivity contribution is -0.147. The molecule has 318 valence electrons. The average Bonchev–Trinajstić information content (AvgIpc) is 3.17. The van der Waals surface area contributed by atoms with Crippen LogP contribution in [0.3, 0.4) is 0 Å². The molecular weight excluding hydrogens is 677 g/mol. The summed E-state index contributed by atoms with van der Waals surface area (Å²) < 4.78 is 16.3. The monoisotopic (exact) mass is 765 g/mol. The number of hydrogen-bond donors (Lipinski definition) is 2. The third-order valence-electron chi connectivity index (χ3n) is 10.5. The summed E-state index contributed by atoms with van der Waals surface area (Å²) in [5, 5.41) is 2.80. The number of allylic oxidation sites excluding steroid dienone is 1. The van der Waals surface area contributed by atoms with E-state index < -0.39 is 18.1 Å². The molecule has 0 spiro atoms. The summed E-state index contributed by atoms with van der Waals surface area (Å²) in [5.74, 6) is -0.398. The number of nitrogens with one attached hydrogen (secondary N) is 1. The standard InChI is InChI=1S/C46H88N2O6/c1-5-7-9-11-13-15-17-19-21-23-25-27-29-31-33-35-41(3)54-42(39-48-46(51)43(47)37-38-44(49)52-4)40-53-45(50)36-34-32-30-28-26-24-22-20-18-16-14-12-10-8-6-2/h42-43H,3,5-40,47H2,1-2,4H3,(H,48,51). The molecule has 0 saturated heterocycles. The minimum atomic E-state index is -0.846. The molecule has 0 saturated carbocycles. The van der Waals surface area contributed by atoms with Gasteiger partial charge in [0.1, 0.15) is 12.7 Å². The molecule has 8 nitrogen and oxygen atoms in total. The van der Waals surface area contributed by atoms with Crippen molar-refractivity contribution in [3.05, 3.63) is 12.3 Å². The second kappa shape index (κ2) is 40.6. The predicted octanol–water partition coefficient (Wildman–Crippen LogP) is 12.3. The molecule has 2 atom stereocenters. The first-order valence-electron chi connectivity index (χ1n) is 22.9. The smallest absolute Gasteiger partial charge is 0.305 e. The van der Waals surface area contributed by atoms with Crippen LogP contribution in [0.4, 0.5) is 0 Å². The molecule has 0 rings (SSSR count). The molecular formula is C46H88N2O6. The Balaban J connectivity index is 4.28. The number of rotatable bonds is 42. The van der Waals surface area contributed by atoms with E-state index in [0.717, 1.165) is 38.5 Å². The maximum Gasteiger partial charge on any atom is 0.305 e. The molecule has 0 aromatic rings. The van der Waals surface area contributed by atoms with Crippen molar-refractivity contribution in [3.8, 4) is 0 Å². The van der Waals surface area contributed by atoms with Crippen LogP contribution in [0.2, 0.25) is 0 Å². The van der Waals surface area contributed by atoms with E-state index in [1.165, 1.54) is 168 Å². The van der Waals surface area contributed by atoms with E-state index in [1.54, 1.807) is 0 Å². The van der Waals surface area contributed by atoms with Crippen LogP contribution < -0.4 is 11.1 Å². The highest BCUT2D eigenvalue weighted by Gasteiger charge is 2.20. The lowest BCUT2D eigenvalue weighted by Crippen LogP contribution is -2.45. The Morgan fingerprint density at radius 3 is 1.30 bits per heavy atom. The summed E-state index contributed by atoms with van der Waals surface area (Å²) in [6.07, 6.45) is 39.7. The average molecular weight is 765 g/mol. The molecule has 0 aromatic heterocycles. The lowest BCUT2D eigenvalue weighted by atomic mass is 10.0. The van der Waals surface area contributed by atoms with E-state index in [9.17, 15) is 14.4 Å². The third kappa shape index (κ3) is 36.9. The zero-order valence-electron chi connectivity index (χ0n) is 35.8. The van der Waals surface area contributed by atoms with Crippen LogP contribution in [-0.2, 0) is 28.6 Å². The van der Waals surface area contributed by atoms with Crippen LogP contribution >= 0.6 is 0 Å². The van der Waals surface area contributed by atoms with Crippen molar-refractivity contribution in [2.45, 2.75) is 244 Å². The number of ether oxygens (including phenoxy) is 3. The zero-order chi connectivity index (χ0) is 39.7. The molecule has 0 aliphatic heterocycles. The highest BCUT2D eigenvalue weighted by Crippen LogP contribution is 2.17. The Kier molecular flexibility index (Phi) is 39.0. The summed E-state index contributed by atoms with van der Waals surface area (Å²) in [5.41, 5.74) is 5.98. The maximum absolute atomic E-state index is 12.6. The fourth-order valence-corrected chi connectivity index (χ4v) is 6.87. The Morgan fingerprint density at radius 1 is 0.537 bits per heavy atom. The maximum atomic E-state index is 12.6. The lowest BCUT2D eigenvalue weighted by Gasteiger charge is -2.22. The largest absolute Gasteiger partial charge is 0.490 e. The zero-order valence-corrected chi connectivity index (χ0v) is 35.8. The van der Waals surface area contributed by atoms with E-state index >= 15 is 0 Å². The molecule has 0 radical (unpaired) electrons. The molecule has 0 aliphatic rings. The Morgan fingerprint density at radius 2 is 0.907 bits per heavy atom. The second-order valence-electron chi connectivity index (χ2n) is 15.8. The topological polar surface area (TPSA) is 117 Å².